The van der Waals surface area contributed by atoms with Gasteiger partial charge in [-0.25, -0.2) is 0 Å². The van der Waals surface area contributed by atoms with Gasteiger partial charge >= 0.3 is 0 Å². The third-order valence-corrected chi connectivity index (χ3v) is 24.8. The fourth-order valence-corrected chi connectivity index (χ4v) is 19.0. The first-order valence-electron chi connectivity index (χ1n) is 42.1. The van der Waals surface area contributed by atoms with Crippen molar-refractivity contribution in [3.63, 3.8) is 0 Å². The molecule has 18 nitrogen and oxygen atoms in total. The summed E-state index contributed by atoms with van der Waals surface area (Å²) in [6.45, 7) is 0. The van der Waals surface area contributed by atoms with Gasteiger partial charge in [0.05, 0.1) is 189 Å². The van der Waals surface area contributed by atoms with Gasteiger partial charge in [0.25, 0.3) is 0 Å². The summed E-state index contributed by atoms with van der Waals surface area (Å²) in [4.78, 5) is 13.4. The van der Waals surface area contributed by atoms with Crippen molar-refractivity contribution in [1.82, 2.24) is 42.4 Å². The average molecular weight is 1680 g/mol. The fraction of sp³-hybridized carbons (Fsp3) is 0. The van der Waals surface area contributed by atoms with Crippen LogP contribution in [0.1, 0.15) is 50.1 Å². The fourth-order valence-electron chi connectivity index (χ4n) is 19.0. The van der Waals surface area contributed by atoms with Crippen LogP contribution >= 0.6 is 0 Å². The third-order valence-electron chi connectivity index (χ3n) is 24.8. The highest BCUT2D eigenvalue weighted by Crippen LogP contribution is 2.45. The Morgan fingerprint density at radius 1 is 0.167 bits per heavy atom. The molecule has 0 bridgehead atoms. The first-order chi connectivity index (χ1) is 65.0. The Balaban J connectivity index is 0.000000116. The molecule has 9 aromatic heterocycles. The maximum absolute atomic E-state index is 10.0. The van der Waals surface area contributed by atoms with Crippen LogP contribution in [0, 0.1) is 102 Å². The van der Waals surface area contributed by atoms with E-state index in [4.69, 9.17) is 0 Å². The molecule has 24 rings (SSSR count). The first-order valence-corrected chi connectivity index (χ1v) is 42.1. The van der Waals surface area contributed by atoms with Gasteiger partial charge in [0.15, 0.2) is 0 Å². The molecule has 0 saturated heterocycles. The van der Waals surface area contributed by atoms with Crippen LogP contribution in [-0.4, -0.2) is 42.4 Å². The summed E-state index contributed by atoms with van der Waals surface area (Å²) in [6, 6.07) is 128. The zero-order valence-corrected chi connectivity index (χ0v) is 69.7. The Labute approximate surface area is 752 Å². The van der Waals surface area contributed by atoms with Gasteiger partial charge in [0.1, 0.15) is 0 Å². The number of hydrogen-bond acceptors (Lipinski definition) is 12. The van der Waals surface area contributed by atoms with Gasteiger partial charge in [-0.05, 0) is 264 Å². The van der Waals surface area contributed by atoms with Crippen LogP contribution in [0.4, 0.5) is 0 Å². The lowest BCUT2D eigenvalue weighted by Gasteiger charge is -2.16. The molecule has 0 N–H and O–H groups in total. The van der Waals surface area contributed by atoms with E-state index in [-0.39, 0.29) is 0 Å². The SMILES string of the molecule is N#Cc1ccc(-c2cc(-n3c4ccc(C#N)cc4c4cc(C#N)ccc43)cc(-n3c4ccccc4c4ccncc43)c2)cc1.N#Cc1ccc2c(c1)c1cc(C#N)ccc1n2-c1cc(-c2ccccc2C#N)cc(-n2c3ccccc3c3ccncc32)c1.N#Cc1cccc(-c2cc(-n3c4ccc(C#N)cc4c4cc(C#N)ccc43)cc(-n3c4ccccc4c4ccncc43)c2)c1. The molecule has 0 radical (unpaired) electrons. The molecule has 9 heterocycles. The van der Waals surface area contributed by atoms with Gasteiger partial charge in [-0.15, -0.1) is 0 Å². The average Bonchev–Trinajstić information content (AvgIpc) is 1.58. The molecule has 0 unspecified atom stereocenters. The summed E-state index contributed by atoms with van der Waals surface area (Å²) in [5.74, 6) is 0. The maximum atomic E-state index is 10.0. The number of nitrogens with zero attached hydrogens (tertiary/aromatic N) is 18. The summed E-state index contributed by atoms with van der Waals surface area (Å²) in [7, 11) is 0. The van der Waals surface area contributed by atoms with Crippen LogP contribution in [0.25, 0.3) is 198 Å². The summed E-state index contributed by atoms with van der Waals surface area (Å²) in [5.41, 5.74) is 27.8. The van der Waals surface area contributed by atoms with E-state index in [0.29, 0.717) is 50.1 Å². The van der Waals surface area contributed by atoms with Crippen LogP contribution in [0.3, 0.4) is 0 Å². The Hall–Kier alpha value is -20.0. The molecule has 0 aliphatic carbocycles. The van der Waals surface area contributed by atoms with Crippen molar-refractivity contribution in [2.24, 2.45) is 0 Å². The van der Waals surface area contributed by atoms with Gasteiger partial charge in [-0.1, -0.05) is 97.1 Å². The molecule has 18 heteroatoms. The minimum atomic E-state index is 0.550. The van der Waals surface area contributed by atoms with E-state index in [1.54, 1.807) is 6.07 Å². The van der Waals surface area contributed by atoms with E-state index >= 15 is 0 Å². The molecule has 606 valence electrons. The summed E-state index contributed by atoms with van der Waals surface area (Å²) < 4.78 is 13.2. The minimum absolute atomic E-state index is 0.550. The van der Waals surface area contributed by atoms with E-state index in [2.05, 4.69) is 188 Å². The van der Waals surface area contributed by atoms with Crippen molar-refractivity contribution in [3.05, 3.63) is 415 Å². The molecule has 0 fully saturated rings. The highest BCUT2D eigenvalue weighted by Gasteiger charge is 2.25. The Morgan fingerprint density at radius 3 is 0.758 bits per heavy atom. The molecule has 24 aromatic rings. The topological polar surface area (TPSA) is 282 Å². The summed E-state index contributed by atoms with van der Waals surface area (Å²) >= 11 is 0. The Bertz CT molecular complexity index is 9140. The van der Waals surface area contributed by atoms with Gasteiger partial charge < -0.3 is 27.4 Å². The third kappa shape index (κ3) is 13.0. The van der Waals surface area contributed by atoms with E-state index in [0.717, 1.165) is 198 Å². The van der Waals surface area contributed by atoms with Gasteiger partial charge in [-0.3, -0.25) is 15.0 Å². The maximum Gasteiger partial charge on any atom is 0.0998 e. The Kier molecular flexibility index (Phi) is 18.9. The van der Waals surface area contributed by atoms with Crippen molar-refractivity contribution in [2.75, 3.05) is 0 Å². The van der Waals surface area contributed by atoms with Crippen LogP contribution in [0.2, 0.25) is 0 Å². The molecule has 132 heavy (non-hydrogen) atoms. The van der Waals surface area contributed by atoms with Crippen molar-refractivity contribution in [3.8, 4) is 122 Å². The zero-order valence-electron chi connectivity index (χ0n) is 69.7. The predicted octanol–water partition coefficient (Wildman–Crippen LogP) is 25.7. The van der Waals surface area contributed by atoms with Crippen molar-refractivity contribution in [1.29, 1.82) is 47.4 Å². The molecule has 0 spiro atoms. The van der Waals surface area contributed by atoms with Gasteiger partial charge in [0, 0.05) is 117 Å². The largest absolute Gasteiger partial charge is 0.309 e. The summed E-state index contributed by atoms with van der Waals surface area (Å²) in [6.07, 6.45) is 11.1. The molecule has 15 aromatic carbocycles. The van der Waals surface area contributed by atoms with Crippen molar-refractivity contribution >= 4 is 131 Å². The lowest BCUT2D eigenvalue weighted by Crippen LogP contribution is -2.00. The number of para-hydroxylation sites is 3. The number of hydrogen-bond donors (Lipinski definition) is 0. The highest BCUT2D eigenvalue weighted by molar-refractivity contribution is 6.15. The number of fused-ring (bicyclic) bond motifs is 18. The smallest absolute Gasteiger partial charge is 0.0998 e. The van der Waals surface area contributed by atoms with Crippen molar-refractivity contribution < 1.29 is 0 Å². The second-order valence-electron chi connectivity index (χ2n) is 32.1. The van der Waals surface area contributed by atoms with E-state index in [1.165, 1.54) is 0 Å². The Morgan fingerprint density at radius 2 is 0.432 bits per heavy atom. The molecular weight excluding hydrogens is 1620 g/mol. The summed E-state index contributed by atoms with van der Waals surface area (Å²) in [5, 5.41) is 99.3. The minimum Gasteiger partial charge on any atom is -0.309 e. The van der Waals surface area contributed by atoms with E-state index in [1.807, 2.05) is 268 Å². The van der Waals surface area contributed by atoms with Gasteiger partial charge in [0.2, 0.25) is 0 Å². The van der Waals surface area contributed by atoms with Crippen LogP contribution in [0.5, 0.6) is 0 Å². The quantitative estimate of drug-likeness (QED) is 0.130. The monoisotopic (exact) mass is 1680 g/mol. The second kappa shape index (κ2) is 31.9. The normalized spacial score (nSPS) is 11.1. The van der Waals surface area contributed by atoms with Gasteiger partial charge in [-0.2, -0.15) is 47.4 Å². The second-order valence-corrected chi connectivity index (χ2v) is 32.1. The lowest BCUT2D eigenvalue weighted by molar-refractivity contribution is 1.13. The standard InChI is InChI=1S/3C38H20N6/c39-20-24-4-3-5-27(14-24)28-17-29(19-30(18-28)44-35-7-2-1-6-31(35)32-12-13-42-23-38(32)44)43-36-10-8-25(21-40)15-33(36)34-16-26(22-41)9-11-37(34)43;39-20-24-9-11-36-33(15-24)34-16-25(21-40)10-12-37(34)43(36)28-17-27(30-6-2-1-5-26(30)22-41)18-29(19-28)44-35-8-4-3-7-31(35)32-13-14-42-23-38(32)44;39-20-24-5-9-27(10-6-24)28-17-29(19-30(18-28)44-35-4-2-1-3-31(35)32-13-14-42-23-38(32)44)43-36-11-7-25(21-40)15-33(36)34-16-26(22-41)8-12-37(34)43/h3*1-19,23H. The molecule has 0 aliphatic heterocycles. The molecule has 0 atom stereocenters. The molecule has 0 amide bonds. The number of pyridine rings is 3. The van der Waals surface area contributed by atoms with Crippen LogP contribution in [0.15, 0.2) is 365 Å². The molecule has 0 saturated carbocycles. The van der Waals surface area contributed by atoms with Crippen molar-refractivity contribution in [2.45, 2.75) is 0 Å². The zero-order chi connectivity index (χ0) is 89.4. The van der Waals surface area contributed by atoms with E-state index in [9.17, 15) is 47.4 Å². The molecular formula is C114H60N18. The van der Waals surface area contributed by atoms with E-state index < -0.39 is 0 Å². The predicted molar refractivity (Wildman–Crippen MR) is 517 cm³/mol. The number of benzene rings is 15. The number of aromatic nitrogens is 9. The van der Waals surface area contributed by atoms with Crippen LogP contribution < -0.4 is 0 Å². The highest BCUT2D eigenvalue weighted by atomic mass is 15.0. The van der Waals surface area contributed by atoms with Crippen LogP contribution in [-0.2, 0) is 0 Å². The number of rotatable bonds is 9. The molecule has 0 aliphatic rings. The number of nitriles is 9. The first kappa shape index (κ1) is 78.0. The lowest BCUT2D eigenvalue weighted by atomic mass is 9.99.